The largest absolute Gasteiger partial charge is 0.479 e. The van der Waals surface area contributed by atoms with Crippen LogP contribution in [-0.2, 0) is 11.3 Å². The van der Waals surface area contributed by atoms with Gasteiger partial charge in [0.1, 0.15) is 5.75 Å². The number of aryl methyl sites for hydroxylation is 1. The summed E-state index contributed by atoms with van der Waals surface area (Å²) < 4.78 is 6.83. The number of aromatic nitrogens is 1. The number of thiazole rings is 1. The molecule has 0 saturated carbocycles. The van der Waals surface area contributed by atoms with Gasteiger partial charge in [0.25, 0.3) is 5.91 Å². The van der Waals surface area contributed by atoms with E-state index < -0.39 is 6.10 Å². The van der Waals surface area contributed by atoms with Crippen LogP contribution in [0.4, 0.5) is 5.69 Å². The zero-order valence-electron chi connectivity index (χ0n) is 14.4. The highest BCUT2D eigenvalue weighted by atomic mass is 79.9. The lowest BCUT2D eigenvalue weighted by Crippen LogP contribution is -2.44. The number of anilines is 1. The van der Waals surface area contributed by atoms with Gasteiger partial charge in [0.2, 0.25) is 0 Å². The number of carbonyl (C=O) groups excluding carboxylic acids is 1. The Kier molecular flexibility index (Phi) is 4.54. The van der Waals surface area contributed by atoms with Crippen molar-refractivity contribution in [3.63, 3.8) is 0 Å². The average molecular weight is 429 g/mol. The molecule has 4 nitrogen and oxygen atoms in total. The van der Waals surface area contributed by atoms with E-state index in [2.05, 4.69) is 20.9 Å². The van der Waals surface area contributed by atoms with Gasteiger partial charge in [0.15, 0.2) is 6.10 Å². The van der Waals surface area contributed by atoms with Crippen molar-refractivity contribution in [1.82, 2.24) is 4.98 Å². The minimum atomic E-state index is -0.495. The van der Waals surface area contributed by atoms with E-state index in [1.54, 1.807) is 23.2 Å². The summed E-state index contributed by atoms with van der Waals surface area (Å²) in [6.07, 6.45) is -0.495. The van der Waals surface area contributed by atoms with Gasteiger partial charge in [-0.3, -0.25) is 4.79 Å². The second-order valence-electron chi connectivity index (χ2n) is 6.25. The zero-order valence-corrected chi connectivity index (χ0v) is 16.8. The molecule has 1 atom stereocenters. The summed E-state index contributed by atoms with van der Waals surface area (Å²) in [7, 11) is 0. The molecule has 0 radical (unpaired) electrons. The Morgan fingerprint density at radius 1 is 1.23 bits per heavy atom. The number of benzene rings is 2. The summed E-state index contributed by atoms with van der Waals surface area (Å²) in [6, 6.07) is 13.9. The molecule has 0 bridgehead atoms. The first kappa shape index (κ1) is 17.2. The molecule has 1 aliphatic rings. The first-order valence-electron chi connectivity index (χ1n) is 8.30. The van der Waals surface area contributed by atoms with E-state index in [0.29, 0.717) is 6.54 Å². The molecule has 26 heavy (non-hydrogen) atoms. The molecule has 1 unspecified atom stereocenters. The van der Waals surface area contributed by atoms with E-state index in [1.165, 1.54) is 0 Å². The highest BCUT2D eigenvalue weighted by Crippen LogP contribution is 2.38. The average Bonchev–Trinajstić information content (AvgIpc) is 3.07. The van der Waals surface area contributed by atoms with E-state index in [4.69, 9.17) is 4.74 Å². The molecule has 0 aliphatic carbocycles. The maximum atomic E-state index is 12.8. The van der Waals surface area contributed by atoms with Crippen LogP contribution in [0.2, 0.25) is 0 Å². The van der Waals surface area contributed by atoms with Crippen molar-refractivity contribution in [2.45, 2.75) is 26.5 Å². The molecule has 0 fully saturated rings. The maximum Gasteiger partial charge on any atom is 0.268 e. The topological polar surface area (TPSA) is 42.4 Å². The highest BCUT2D eigenvalue weighted by molar-refractivity contribution is 9.10. The Morgan fingerprint density at radius 3 is 2.69 bits per heavy atom. The van der Waals surface area contributed by atoms with E-state index in [1.807, 2.05) is 54.8 Å². The number of halogens is 1. The van der Waals surface area contributed by atoms with Gasteiger partial charge in [-0.05, 0) is 49.7 Å². The predicted octanol–water partition coefficient (Wildman–Crippen LogP) is 5.20. The fourth-order valence-corrected chi connectivity index (χ4v) is 3.88. The van der Waals surface area contributed by atoms with E-state index >= 15 is 0 Å². The van der Waals surface area contributed by atoms with Gasteiger partial charge in [-0.1, -0.05) is 28.1 Å². The third-order valence-electron chi connectivity index (χ3n) is 4.34. The van der Waals surface area contributed by atoms with Crippen LogP contribution in [0.5, 0.6) is 5.75 Å². The summed E-state index contributed by atoms with van der Waals surface area (Å²) in [5.41, 5.74) is 3.76. The molecule has 1 aromatic heterocycles. The van der Waals surface area contributed by atoms with Gasteiger partial charge in [-0.25, -0.2) is 4.98 Å². The monoisotopic (exact) mass is 428 g/mol. The number of nitrogens with zero attached hydrogens (tertiary/aromatic N) is 2. The van der Waals surface area contributed by atoms with Crippen molar-refractivity contribution in [3.05, 3.63) is 62.9 Å². The third kappa shape index (κ3) is 3.27. The van der Waals surface area contributed by atoms with Crippen LogP contribution in [-0.4, -0.2) is 17.0 Å². The first-order chi connectivity index (χ1) is 12.5. The van der Waals surface area contributed by atoms with Gasteiger partial charge >= 0.3 is 0 Å². The second-order valence-corrected chi connectivity index (χ2v) is 8.22. The molecule has 2 heterocycles. The molecule has 1 aliphatic heterocycles. The molecule has 6 heteroatoms. The number of ether oxygens (including phenoxy) is 1. The summed E-state index contributed by atoms with van der Waals surface area (Å²) >= 11 is 5.06. The molecule has 132 valence electrons. The molecule has 4 rings (SSSR count). The Bertz CT molecular complexity index is 968. The molecule has 0 saturated heterocycles. The van der Waals surface area contributed by atoms with E-state index in [0.717, 1.165) is 37.7 Å². The molecular weight excluding hydrogens is 412 g/mol. The van der Waals surface area contributed by atoms with Gasteiger partial charge in [0, 0.05) is 15.4 Å². The Balaban J connectivity index is 1.74. The Morgan fingerprint density at radius 2 is 2.00 bits per heavy atom. The van der Waals surface area contributed by atoms with Crippen LogP contribution in [0.25, 0.3) is 11.3 Å². The smallest absolute Gasteiger partial charge is 0.268 e. The van der Waals surface area contributed by atoms with Crippen LogP contribution >= 0.6 is 27.3 Å². The molecule has 0 spiro atoms. The molecule has 3 aromatic rings. The quantitative estimate of drug-likeness (QED) is 0.575. The standard InChI is InChI=1S/C20H17BrN2O2S/c1-12-20(24)23(10-14-3-6-16(21)7-4-14)18-9-15(5-8-19(18)25-12)17-11-26-13(2)22-17/h3-9,11-12H,10H2,1-2H3. The summed E-state index contributed by atoms with van der Waals surface area (Å²) in [5.74, 6) is 0.692. The van der Waals surface area contributed by atoms with E-state index in [-0.39, 0.29) is 5.91 Å². The summed E-state index contributed by atoms with van der Waals surface area (Å²) in [6.45, 7) is 4.28. The summed E-state index contributed by atoms with van der Waals surface area (Å²) in [4.78, 5) is 19.1. The minimum absolute atomic E-state index is 0.0352. The molecule has 1 amide bonds. The Hall–Kier alpha value is -2.18. The van der Waals surface area contributed by atoms with Crippen molar-refractivity contribution in [1.29, 1.82) is 0 Å². The van der Waals surface area contributed by atoms with Crippen molar-refractivity contribution < 1.29 is 9.53 Å². The van der Waals surface area contributed by atoms with Crippen molar-refractivity contribution in [3.8, 4) is 17.0 Å². The lowest BCUT2D eigenvalue weighted by molar-refractivity contribution is -0.125. The van der Waals surface area contributed by atoms with Crippen molar-refractivity contribution in [2.24, 2.45) is 0 Å². The predicted molar refractivity (Wildman–Crippen MR) is 108 cm³/mol. The lowest BCUT2D eigenvalue weighted by atomic mass is 10.1. The zero-order chi connectivity index (χ0) is 18.3. The highest BCUT2D eigenvalue weighted by Gasteiger charge is 2.31. The fourth-order valence-electron chi connectivity index (χ4n) is 3.00. The number of amides is 1. The van der Waals surface area contributed by atoms with Crippen molar-refractivity contribution >= 4 is 38.9 Å². The van der Waals surface area contributed by atoms with Crippen molar-refractivity contribution in [2.75, 3.05) is 4.90 Å². The van der Waals surface area contributed by atoms with Crippen LogP contribution in [0.1, 0.15) is 17.5 Å². The number of hydrogen-bond acceptors (Lipinski definition) is 4. The van der Waals surface area contributed by atoms with E-state index in [9.17, 15) is 4.79 Å². The van der Waals surface area contributed by atoms with Crippen LogP contribution in [0, 0.1) is 6.92 Å². The van der Waals surface area contributed by atoms with Gasteiger partial charge < -0.3 is 9.64 Å². The van der Waals surface area contributed by atoms with Crippen LogP contribution in [0.15, 0.2) is 52.3 Å². The number of fused-ring (bicyclic) bond motifs is 1. The Labute approximate surface area is 164 Å². The van der Waals surface area contributed by atoms with Gasteiger partial charge in [0.05, 0.1) is 22.9 Å². The fraction of sp³-hybridized carbons (Fsp3) is 0.200. The molecular formula is C20H17BrN2O2S. The summed E-state index contributed by atoms with van der Waals surface area (Å²) in [5, 5.41) is 3.05. The maximum absolute atomic E-state index is 12.8. The third-order valence-corrected chi connectivity index (χ3v) is 5.64. The first-order valence-corrected chi connectivity index (χ1v) is 9.97. The van der Waals surface area contributed by atoms with Gasteiger partial charge in [-0.2, -0.15) is 0 Å². The van der Waals surface area contributed by atoms with Gasteiger partial charge in [-0.15, -0.1) is 11.3 Å². The number of carbonyl (C=O) groups is 1. The number of rotatable bonds is 3. The van der Waals surface area contributed by atoms with Crippen LogP contribution in [0.3, 0.4) is 0 Å². The minimum Gasteiger partial charge on any atom is -0.479 e. The molecule has 0 N–H and O–H groups in total. The SMILES string of the molecule is Cc1nc(-c2ccc3c(c2)N(Cc2ccc(Br)cc2)C(=O)C(C)O3)cs1. The second kappa shape index (κ2) is 6.85. The molecule has 2 aromatic carbocycles. The lowest BCUT2D eigenvalue weighted by Gasteiger charge is -2.33. The normalized spacial score (nSPS) is 16.3. The number of hydrogen-bond donors (Lipinski definition) is 0. The van der Waals surface area contributed by atoms with Crippen LogP contribution < -0.4 is 9.64 Å².